The summed E-state index contributed by atoms with van der Waals surface area (Å²) in [6.45, 7) is 7.02. The van der Waals surface area contributed by atoms with Gasteiger partial charge in [0.25, 0.3) is 5.91 Å². The molecular weight excluding hydrogens is 236 g/mol. The molecular formula is C11H18N4O3. The molecule has 0 bridgehead atoms. The van der Waals surface area contributed by atoms with Crippen LogP contribution in [0.5, 0.6) is 0 Å². The average molecular weight is 254 g/mol. The number of ether oxygens (including phenoxy) is 1. The molecule has 0 spiro atoms. The molecule has 0 aliphatic heterocycles. The predicted octanol–water partition coefficient (Wildman–Crippen LogP) is 0.588. The van der Waals surface area contributed by atoms with E-state index in [2.05, 4.69) is 10.3 Å². The second-order valence-electron chi connectivity index (χ2n) is 4.24. The van der Waals surface area contributed by atoms with Crippen LogP contribution in [0, 0.1) is 6.92 Å². The van der Waals surface area contributed by atoms with Crippen LogP contribution >= 0.6 is 0 Å². The molecule has 1 rings (SSSR count). The van der Waals surface area contributed by atoms with E-state index in [0.717, 1.165) is 0 Å². The normalized spacial score (nSPS) is 12.5. The molecule has 0 fully saturated rings. The molecule has 0 aliphatic carbocycles. The van der Waals surface area contributed by atoms with Gasteiger partial charge in [-0.15, -0.1) is 5.10 Å². The van der Waals surface area contributed by atoms with Crippen LogP contribution < -0.4 is 5.73 Å². The summed E-state index contributed by atoms with van der Waals surface area (Å²) in [6.07, 6.45) is 0.291. The van der Waals surface area contributed by atoms with E-state index in [1.807, 2.05) is 6.92 Å². The molecule has 1 amide bonds. The number of aromatic nitrogens is 3. The number of nitrogens with zero attached hydrogens (tertiary/aromatic N) is 3. The summed E-state index contributed by atoms with van der Waals surface area (Å²) in [5.74, 6) is -1.05. The van der Waals surface area contributed by atoms with Gasteiger partial charge in [-0.1, -0.05) is 12.1 Å². The van der Waals surface area contributed by atoms with E-state index in [1.54, 1.807) is 20.8 Å². The average Bonchev–Trinajstić information content (AvgIpc) is 2.61. The van der Waals surface area contributed by atoms with Crippen molar-refractivity contribution in [1.82, 2.24) is 15.0 Å². The highest BCUT2D eigenvalue weighted by atomic mass is 16.5. The zero-order valence-electron chi connectivity index (χ0n) is 11.0. The molecule has 1 unspecified atom stereocenters. The molecule has 100 valence electrons. The van der Waals surface area contributed by atoms with Crippen LogP contribution in [-0.4, -0.2) is 33.0 Å². The van der Waals surface area contributed by atoms with Crippen LogP contribution in [0.1, 0.15) is 49.4 Å². The lowest BCUT2D eigenvalue weighted by atomic mass is 10.2. The Morgan fingerprint density at radius 1 is 1.44 bits per heavy atom. The smallest absolute Gasteiger partial charge is 0.331 e. The lowest BCUT2D eigenvalue weighted by Crippen LogP contribution is -2.26. The second kappa shape index (κ2) is 5.61. The van der Waals surface area contributed by atoms with E-state index < -0.39 is 17.9 Å². The molecule has 1 heterocycles. The van der Waals surface area contributed by atoms with E-state index in [9.17, 15) is 9.59 Å². The minimum absolute atomic E-state index is 0.0748. The van der Waals surface area contributed by atoms with Gasteiger partial charge in [-0.2, -0.15) is 0 Å². The number of carbonyl (C=O) groups excluding carboxylic acids is 2. The largest absolute Gasteiger partial charge is 0.461 e. The van der Waals surface area contributed by atoms with Crippen molar-refractivity contribution in [3.05, 3.63) is 11.4 Å². The summed E-state index contributed by atoms with van der Waals surface area (Å²) in [4.78, 5) is 23.0. The Balaban J connectivity index is 3.02. The molecule has 1 aromatic rings. The van der Waals surface area contributed by atoms with E-state index >= 15 is 0 Å². The van der Waals surface area contributed by atoms with Gasteiger partial charge in [0.2, 0.25) is 0 Å². The first kappa shape index (κ1) is 14.1. The van der Waals surface area contributed by atoms with Crippen molar-refractivity contribution < 1.29 is 14.3 Å². The number of rotatable bonds is 5. The van der Waals surface area contributed by atoms with E-state index in [-0.39, 0.29) is 11.8 Å². The Morgan fingerprint density at radius 2 is 2.06 bits per heavy atom. The third-order valence-corrected chi connectivity index (χ3v) is 2.47. The predicted molar refractivity (Wildman–Crippen MR) is 63.8 cm³/mol. The van der Waals surface area contributed by atoms with Crippen LogP contribution in [0.25, 0.3) is 0 Å². The maximum absolute atomic E-state index is 11.9. The fourth-order valence-electron chi connectivity index (χ4n) is 1.61. The van der Waals surface area contributed by atoms with Gasteiger partial charge in [0.1, 0.15) is 0 Å². The molecule has 0 saturated heterocycles. The molecule has 0 aromatic carbocycles. The third-order valence-electron chi connectivity index (χ3n) is 2.47. The van der Waals surface area contributed by atoms with Crippen molar-refractivity contribution in [1.29, 1.82) is 0 Å². The third kappa shape index (κ3) is 2.85. The maximum atomic E-state index is 11.9. The van der Waals surface area contributed by atoms with Gasteiger partial charge >= 0.3 is 5.97 Å². The quantitative estimate of drug-likeness (QED) is 0.775. The zero-order chi connectivity index (χ0) is 13.9. The van der Waals surface area contributed by atoms with Crippen molar-refractivity contribution in [2.45, 2.75) is 46.3 Å². The highest BCUT2D eigenvalue weighted by Gasteiger charge is 2.26. The second-order valence-corrected chi connectivity index (χ2v) is 4.24. The first-order valence-corrected chi connectivity index (χ1v) is 5.80. The Hall–Kier alpha value is -1.92. The first-order chi connectivity index (χ1) is 8.38. The molecule has 7 heteroatoms. The minimum Gasteiger partial charge on any atom is -0.461 e. The molecule has 1 aromatic heterocycles. The molecule has 2 N–H and O–H groups in total. The Bertz CT molecular complexity index is 453. The molecule has 7 nitrogen and oxygen atoms in total. The number of amides is 1. The van der Waals surface area contributed by atoms with E-state index in [1.165, 1.54) is 4.68 Å². The molecule has 0 saturated carbocycles. The fourth-order valence-corrected chi connectivity index (χ4v) is 1.61. The summed E-state index contributed by atoms with van der Waals surface area (Å²) >= 11 is 0. The van der Waals surface area contributed by atoms with Crippen molar-refractivity contribution in [2.24, 2.45) is 5.73 Å². The number of nitrogens with two attached hydrogens (primary N) is 1. The number of primary amides is 1. The van der Waals surface area contributed by atoms with Gasteiger partial charge in [-0.05, 0) is 27.2 Å². The van der Waals surface area contributed by atoms with Gasteiger partial charge in [0, 0.05) is 0 Å². The lowest BCUT2D eigenvalue weighted by molar-refractivity contribution is -0.152. The van der Waals surface area contributed by atoms with Gasteiger partial charge < -0.3 is 10.5 Å². The summed E-state index contributed by atoms with van der Waals surface area (Å²) in [5, 5.41) is 7.48. The fraction of sp³-hybridized carbons (Fsp3) is 0.636. The number of esters is 1. The van der Waals surface area contributed by atoms with Gasteiger partial charge in [0.15, 0.2) is 11.7 Å². The topological polar surface area (TPSA) is 100 Å². The van der Waals surface area contributed by atoms with Crippen LogP contribution in [0.15, 0.2) is 0 Å². The lowest BCUT2D eigenvalue weighted by Gasteiger charge is -2.17. The SMILES string of the molecule is CCC(C(=O)OC(C)C)n1nnc(C(N)=O)c1C. The first-order valence-electron chi connectivity index (χ1n) is 5.80. The van der Waals surface area contributed by atoms with Gasteiger partial charge in [-0.3, -0.25) is 4.79 Å². The highest BCUT2D eigenvalue weighted by molar-refractivity contribution is 5.91. The molecule has 1 atom stereocenters. The zero-order valence-corrected chi connectivity index (χ0v) is 11.0. The number of carbonyl (C=O) groups is 2. The summed E-state index contributed by atoms with van der Waals surface area (Å²) in [7, 11) is 0. The summed E-state index contributed by atoms with van der Waals surface area (Å²) < 4.78 is 6.52. The van der Waals surface area contributed by atoms with Gasteiger partial charge in [0.05, 0.1) is 11.8 Å². The highest BCUT2D eigenvalue weighted by Crippen LogP contribution is 2.17. The van der Waals surface area contributed by atoms with Crippen LogP contribution in [0.2, 0.25) is 0 Å². The summed E-state index contributed by atoms with van der Waals surface area (Å²) in [6, 6.07) is -0.590. The Kier molecular flexibility index (Phi) is 4.41. The minimum atomic E-state index is -0.661. The van der Waals surface area contributed by atoms with Crippen molar-refractivity contribution in [2.75, 3.05) is 0 Å². The standard InChI is InChI=1S/C11H18N4O3/c1-5-8(11(17)18-6(2)3)15-7(4)9(10(12)16)13-14-15/h6,8H,5H2,1-4H3,(H2,12,16). The van der Waals surface area contributed by atoms with Gasteiger partial charge in [-0.25, -0.2) is 9.48 Å². The Morgan fingerprint density at radius 3 is 2.44 bits per heavy atom. The monoisotopic (exact) mass is 254 g/mol. The number of hydrogen-bond donors (Lipinski definition) is 1. The van der Waals surface area contributed by atoms with Crippen LogP contribution in [0.4, 0.5) is 0 Å². The molecule has 0 radical (unpaired) electrons. The Labute approximate surface area is 105 Å². The van der Waals surface area contributed by atoms with E-state index in [4.69, 9.17) is 10.5 Å². The summed E-state index contributed by atoms with van der Waals surface area (Å²) in [5.41, 5.74) is 5.70. The number of hydrogen-bond acceptors (Lipinski definition) is 5. The molecule has 0 aliphatic rings. The van der Waals surface area contributed by atoms with Crippen LogP contribution in [-0.2, 0) is 9.53 Å². The van der Waals surface area contributed by atoms with Crippen molar-refractivity contribution in [3.8, 4) is 0 Å². The molecule has 18 heavy (non-hydrogen) atoms. The van der Waals surface area contributed by atoms with E-state index in [0.29, 0.717) is 12.1 Å². The van der Waals surface area contributed by atoms with Crippen molar-refractivity contribution >= 4 is 11.9 Å². The maximum Gasteiger partial charge on any atom is 0.331 e. The van der Waals surface area contributed by atoms with Crippen molar-refractivity contribution in [3.63, 3.8) is 0 Å². The van der Waals surface area contributed by atoms with Crippen LogP contribution in [0.3, 0.4) is 0 Å².